The second kappa shape index (κ2) is 6.31. The van der Waals surface area contributed by atoms with Gasteiger partial charge in [-0.3, -0.25) is 0 Å². The molecule has 98 valence electrons. The Morgan fingerprint density at radius 2 is 2.39 bits per heavy atom. The van der Waals surface area contributed by atoms with Gasteiger partial charge in [0.2, 0.25) is 5.89 Å². The molecule has 0 amide bonds. The van der Waals surface area contributed by atoms with Crippen LogP contribution in [0.5, 0.6) is 0 Å². The van der Waals surface area contributed by atoms with E-state index in [4.69, 9.17) is 4.52 Å². The van der Waals surface area contributed by atoms with E-state index in [0.29, 0.717) is 0 Å². The molecule has 3 rings (SSSR count). The second-order valence-electron chi connectivity index (χ2n) is 4.31. The molecule has 0 aliphatic carbocycles. The van der Waals surface area contributed by atoms with Gasteiger partial charge in [-0.2, -0.15) is 4.98 Å². The predicted molar refractivity (Wildman–Crippen MR) is 73.3 cm³/mol. The summed E-state index contributed by atoms with van der Waals surface area (Å²) < 4.78 is 5.33. The molecule has 1 N–H and O–H groups in total. The van der Waals surface area contributed by atoms with Crippen molar-refractivity contribution in [1.29, 1.82) is 0 Å². The van der Waals surface area contributed by atoms with Gasteiger partial charge in [0, 0.05) is 11.3 Å². The molecule has 1 atom stereocenters. The molecule has 6 heteroatoms. The lowest BCUT2D eigenvalue weighted by molar-refractivity contribution is 0.296. The first kappa shape index (κ1) is 13.5. The van der Waals surface area contributed by atoms with Crippen LogP contribution in [-0.4, -0.2) is 16.7 Å². The van der Waals surface area contributed by atoms with E-state index >= 15 is 0 Å². The Bertz CT molecular complexity index is 465. The van der Waals surface area contributed by atoms with Gasteiger partial charge in [0.25, 0.3) is 0 Å². The van der Waals surface area contributed by atoms with Crippen LogP contribution < -0.4 is 5.32 Å². The maximum absolute atomic E-state index is 5.33. The van der Waals surface area contributed by atoms with Crippen molar-refractivity contribution in [2.75, 3.05) is 6.54 Å². The minimum Gasteiger partial charge on any atom is -0.338 e. The number of piperidine rings is 1. The van der Waals surface area contributed by atoms with Crippen LogP contribution in [0, 0.1) is 0 Å². The molecule has 1 unspecified atom stereocenters. The fraction of sp³-hybridized carbons (Fsp3) is 0.500. The van der Waals surface area contributed by atoms with Crippen LogP contribution in [0.15, 0.2) is 22.0 Å². The van der Waals surface area contributed by atoms with Gasteiger partial charge >= 0.3 is 0 Å². The first-order chi connectivity index (χ1) is 8.42. The molecule has 0 aromatic carbocycles. The predicted octanol–water partition coefficient (Wildman–Crippen LogP) is 2.96. The van der Waals surface area contributed by atoms with Crippen molar-refractivity contribution < 1.29 is 4.52 Å². The van der Waals surface area contributed by atoms with Crippen LogP contribution >= 0.6 is 23.7 Å². The largest absolute Gasteiger partial charge is 0.338 e. The van der Waals surface area contributed by atoms with Crippen LogP contribution in [-0.2, 0) is 6.42 Å². The molecule has 0 spiro atoms. The zero-order valence-corrected chi connectivity index (χ0v) is 11.6. The van der Waals surface area contributed by atoms with E-state index in [-0.39, 0.29) is 18.4 Å². The highest BCUT2D eigenvalue weighted by Gasteiger charge is 2.20. The molecule has 1 saturated heterocycles. The average molecular weight is 286 g/mol. The summed E-state index contributed by atoms with van der Waals surface area (Å²) in [4.78, 5) is 5.75. The zero-order valence-electron chi connectivity index (χ0n) is 9.96. The molecular formula is C12H16ClN3OS. The standard InChI is InChI=1S/C12H15N3OS.ClH/c1-2-6-13-10(5-1)12-14-11(15-16-12)8-9-4-3-7-17-9;/h3-4,7,10,13H,1-2,5-6,8H2;1H. The third kappa shape index (κ3) is 3.10. The van der Waals surface area contributed by atoms with Gasteiger partial charge < -0.3 is 9.84 Å². The highest BCUT2D eigenvalue weighted by molar-refractivity contribution is 7.09. The quantitative estimate of drug-likeness (QED) is 0.942. The Balaban J connectivity index is 0.00000120. The Morgan fingerprint density at radius 1 is 1.44 bits per heavy atom. The van der Waals surface area contributed by atoms with Crippen LogP contribution in [0.1, 0.15) is 41.9 Å². The summed E-state index contributed by atoms with van der Waals surface area (Å²) in [6.07, 6.45) is 4.35. The Morgan fingerprint density at radius 3 is 3.11 bits per heavy atom. The number of aromatic nitrogens is 2. The summed E-state index contributed by atoms with van der Waals surface area (Å²) in [5.74, 6) is 1.53. The topological polar surface area (TPSA) is 51.0 Å². The summed E-state index contributed by atoms with van der Waals surface area (Å²) in [5.41, 5.74) is 0. The van der Waals surface area contributed by atoms with E-state index in [1.54, 1.807) is 11.3 Å². The van der Waals surface area contributed by atoms with Crippen LogP contribution in [0.2, 0.25) is 0 Å². The van der Waals surface area contributed by atoms with E-state index in [1.807, 2.05) is 6.07 Å². The summed E-state index contributed by atoms with van der Waals surface area (Å²) in [6.45, 7) is 1.05. The highest BCUT2D eigenvalue weighted by Crippen LogP contribution is 2.22. The first-order valence-corrected chi connectivity index (χ1v) is 6.88. The van der Waals surface area contributed by atoms with Gasteiger partial charge in [-0.25, -0.2) is 0 Å². The molecule has 4 nitrogen and oxygen atoms in total. The molecule has 0 bridgehead atoms. The van der Waals surface area contributed by atoms with Crippen molar-refractivity contribution in [3.05, 3.63) is 34.1 Å². The highest BCUT2D eigenvalue weighted by atomic mass is 35.5. The molecule has 3 heterocycles. The van der Waals surface area contributed by atoms with Gasteiger partial charge in [-0.1, -0.05) is 17.6 Å². The van der Waals surface area contributed by atoms with Crippen molar-refractivity contribution in [2.45, 2.75) is 31.7 Å². The molecular weight excluding hydrogens is 270 g/mol. The maximum Gasteiger partial charge on any atom is 0.243 e. The molecule has 2 aromatic heterocycles. The molecule has 0 radical (unpaired) electrons. The van der Waals surface area contributed by atoms with Gasteiger partial charge in [0.15, 0.2) is 5.82 Å². The van der Waals surface area contributed by atoms with Crippen LogP contribution in [0.25, 0.3) is 0 Å². The number of nitrogens with zero attached hydrogens (tertiary/aromatic N) is 2. The maximum atomic E-state index is 5.33. The van der Waals surface area contributed by atoms with Crippen molar-refractivity contribution >= 4 is 23.7 Å². The SMILES string of the molecule is Cl.c1csc(Cc2noc(C3CCCCN3)n2)c1. The van der Waals surface area contributed by atoms with Crippen molar-refractivity contribution in [3.8, 4) is 0 Å². The number of halogens is 1. The lowest BCUT2D eigenvalue weighted by Crippen LogP contribution is -2.26. The fourth-order valence-electron chi connectivity index (χ4n) is 2.11. The molecule has 1 aliphatic rings. The van der Waals surface area contributed by atoms with Crippen LogP contribution in [0.3, 0.4) is 0 Å². The number of hydrogen-bond acceptors (Lipinski definition) is 5. The van der Waals surface area contributed by atoms with Crippen molar-refractivity contribution in [2.24, 2.45) is 0 Å². The number of thiophene rings is 1. The van der Waals surface area contributed by atoms with Crippen LogP contribution in [0.4, 0.5) is 0 Å². The lowest BCUT2D eigenvalue weighted by atomic mass is 10.1. The van der Waals surface area contributed by atoms with E-state index in [9.17, 15) is 0 Å². The van der Waals surface area contributed by atoms with Crippen molar-refractivity contribution in [3.63, 3.8) is 0 Å². The van der Waals surface area contributed by atoms with Gasteiger partial charge in [0.1, 0.15) is 0 Å². The minimum atomic E-state index is 0. The molecule has 0 saturated carbocycles. The Labute approximate surface area is 116 Å². The van der Waals surface area contributed by atoms with Crippen molar-refractivity contribution in [1.82, 2.24) is 15.5 Å². The van der Waals surface area contributed by atoms with Gasteiger partial charge in [-0.15, -0.1) is 23.7 Å². The fourth-order valence-corrected chi connectivity index (χ4v) is 2.81. The summed E-state index contributed by atoms with van der Waals surface area (Å²) >= 11 is 1.73. The smallest absolute Gasteiger partial charge is 0.243 e. The third-order valence-corrected chi connectivity index (χ3v) is 3.88. The monoisotopic (exact) mass is 285 g/mol. The first-order valence-electron chi connectivity index (χ1n) is 6.00. The molecule has 18 heavy (non-hydrogen) atoms. The van der Waals surface area contributed by atoms with Gasteiger partial charge in [0.05, 0.1) is 6.04 Å². The third-order valence-electron chi connectivity index (χ3n) is 3.00. The Kier molecular flexibility index (Phi) is 4.74. The minimum absolute atomic E-state index is 0. The van der Waals surface area contributed by atoms with E-state index in [0.717, 1.165) is 31.1 Å². The average Bonchev–Trinajstić information content (AvgIpc) is 3.02. The zero-order chi connectivity index (χ0) is 11.5. The molecule has 1 aliphatic heterocycles. The van der Waals surface area contributed by atoms with E-state index in [2.05, 4.69) is 26.9 Å². The summed E-state index contributed by atoms with van der Waals surface area (Å²) in [6, 6.07) is 4.40. The molecule has 2 aromatic rings. The van der Waals surface area contributed by atoms with E-state index < -0.39 is 0 Å². The number of hydrogen-bond donors (Lipinski definition) is 1. The molecule has 1 fully saturated rings. The Hall–Kier alpha value is -0.910. The number of nitrogens with one attached hydrogen (secondary N) is 1. The second-order valence-corrected chi connectivity index (χ2v) is 5.34. The normalized spacial score (nSPS) is 19.4. The summed E-state index contributed by atoms with van der Waals surface area (Å²) in [7, 11) is 0. The summed E-state index contributed by atoms with van der Waals surface area (Å²) in [5, 5.41) is 9.53. The van der Waals surface area contributed by atoms with Gasteiger partial charge in [-0.05, 0) is 30.8 Å². The number of rotatable bonds is 3. The lowest BCUT2D eigenvalue weighted by Gasteiger charge is -2.19. The van der Waals surface area contributed by atoms with E-state index in [1.165, 1.54) is 17.7 Å².